The number of benzene rings is 1. The normalized spacial score (nSPS) is 11.9. The largest absolute Gasteiger partial charge is 0.361 e. The van der Waals surface area contributed by atoms with Crippen LogP contribution in [0, 0.1) is 0 Å². The van der Waals surface area contributed by atoms with Crippen LogP contribution in [0.25, 0.3) is 22.0 Å². The Morgan fingerprint density at radius 3 is 2.37 bits per heavy atom. The maximum absolute atomic E-state index is 4.31. The summed E-state index contributed by atoms with van der Waals surface area (Å²) >= 11 is 0. The minimum atomic E-state index is 0.190. The van der Waals surface area contributed by atoms with Crippen molar-refractivity contribution >= 4 is 10.9 Å². The number of pyridine rings is 1. The van der Waals surface area contributed by atoms with Gasteiger partial charge in [0.25, 0.3) is 0 Å². The van der Waals surface area contributed by atoms with Crippen molar-refractivity contribution in [2.24, 2.45) is 0 Å². The Bertz CT molecular complexity index is 700. The Morgan fingerprint density at radius 1 is 0.947 bits per heavy atom. The van der Waals surface area contributed by atoms with Crippen LogP contribution in [-0.2, 0) is 5.41 Å². The molecule has 0 spiro atoms. The third-order valence-corrected chi connectivity index (χ3v) is 3.53. The van der Waals surface area contributed by atoms with E-state index >= 15 is 0 Å². The van der Waals surface area contributed by atoms with Crippen LogP contribution < -0.4 is 0 Å². The Balaban J connectivity index is 2.10. The number of nitrogens with zero attached hydrogens (tertiary/aromatic N) is 1. The van der Waals surface area contributed by atoms with Gasteiger partial charge in [-0.05, 0) is 22.6 Å². The standard InChI is InChI=1S/C17H18N2/c1-17(2,3)14-6-4-12(5-7-14)15-11-18-10-13-8-9-19-16(13)15/h4-11,19H,1-3H3. The monoisotopic (exact) mass is 250 g/mol. The van der Waals surface area contributed by atoms with Gasteiger partial charge in [-0.3, -0.25) is 4.98 Å². The van der Waals surface area contributed by atoms with Gasteiger partial charge in [-0.25, -0.2) is 0 Å². The Hall–Kier alpha value is -2.09. The van der Waals surface area contributed by atoms with Crippen LogP contribution in [0.15, 0.2) is 48.9 Å². The highest BCUT2D eigenvalue weighted by Crippen LogP contribution is 2.29. The van der Waals surface area contributed by atoms with Gasteiger partial charge >= 0.3 is 0 Å². The van der Waals surface area contributed by atoms with Crippen LogP contribution in [0.4, 0.5) is 0 Å². The molecule has 0 unspecified atom stereocenters. The molecule has 1 N–H and O–H groups in total. The van der Waals surface area contributed by atoms with Crippen LogP contribution in [0.5, 0.6) is 0 Å². The molecule has 0 saturated heterocycles. The summed E-state index contributed by atoms with van der Waals surface area (Å²) in [6.45, 7) is 6.69. The van der Waals surface area contributed by atoms with Gasteiger partial charge in [0, 0.05) is 29.5 Å². The van der Waals surface area contributed by atoms with E-state index in [0.29, 0.717) is 0 Å². The van der Waals surface area contributed by atoms with Crippen LogP contribution in [0.2, 0.25) is 0 Å². The molecular weight excluding hydrogens is 232 g/mol. The van der Waals surface area contributed by atoms with Crippen molar-refractivity contribution < 1.29 is 0 Å². The first-order valence-electron chi connectivity index (χ1n) is 6.58. The van der Waals surface area contributed by atoms with Gasteiger partial charge in [0.2, 0.25) is 0 Å². The van der Waals surface area contributed by atoms with Gasteiger partial charge < -0.3 is 4.98 Å². The van der Waals surface area contributed by atoms with E-state index in [-0.39, 0.29) is 5.41 Å². The fourth-order valence-electron chi connectivity index (χ4n) is 2.35. The molecule has 0 fully saturated rings. The summed E-state index contributed by atoms with van der Waals surface area (Å²) in [6, 6.07) is 10.8. The van der Waals surface area contributed by atoms with Crippen molar-refractivity contribution in [3.63, 3.8) is 0 Å². The zero-order valence-corrected chi connectivity index (χ0v) is 11.6. The van der Waals surface area contributed by atoms with Gasteiger partial charge in [0.05, 0.1) is 5.52 Å². The molecule has 0 bridgehead atoms. The lowest BCUT2D eigenvalue weighted by molar-refractivity contribution is 0.590. The number of rotatable bonds is 1. The molecule has 3 rings (SSSR count). The lowest BCUT2D eigenvalue weighted by atomic mass is 9.86. The first-order chi connectivity index (χ1) is 9.05. The molecule has 0 aliphatic rings. The Labute approximate surface area is 113 Å². The number of H-pyrrole nitrogens is 1. The number of aromatic amines is 1. The number of aromatic nitrogens is 2. The highest BCUT2D eigenvalue weighted by Gasteiger charge is 2.13. The summed E-state index contributed by atoms with van der Waals surface area (Å²) in [6.07, 6.45) is 5.77. The third kappa shape index (κ3) is 2.14. The van der Waals surface area contributed by atoms with Crippen molar-refractivity contribution in [3.05, 3.63) is 54.5 Å². The topological polar surface area (TPSA) is 28.7 Å². The van der Waals surface area contributed by atoms with Gasteiger partial charge in [0.15, 0.2) is 0 Å². The fraction of sp³-hybridized carbons (Fsp3) is 0.235. The molecular formula is C17H18N2. The number of hydrogen-bond acceptors (Lipinski definition) is 1. The lowest BCUT2D eigenvalue weighted by Crippen LogP contribution is -2.10. The van der Waals surface area contributed by atoms with E-state index in [9.17, 15) is 0 Å². The molecule has 2 aromatic heterocycles. The summed E-state index contributed by atoms with van der Waals surface area (Å²) in [5.74, 6) is 0. The first-order valence-corrected chi connectivity index (χ1v) is 6.58. The lowest BCUT2D eigenvalue weighted by Gasteiger charge is -2.19. The number of fused-ring (bicyclic) bond motifs is 1. The minimum absolute atomic E-state index is 0.190. The second-order valence-corrected chi connectivity index (χ2v) is 5.96. The summed E-state index contributed by atoms with van der Waals surface area (Å²) in [5, 5.41) is 1.15. The first kappa shape index (κ1) is 12.0. The van der Waals surface area contributed by atoms with Crippen LogP contribution in [0.1, 0.15) is 26.3 Å². The Kier molecular flexibility index (Phi) is 2.67. The van der Waals surface area contributed by atoms with Crippen LogP contribution in [-0.4, -0.2) is 9.97 Å². The molecule has 0 aliphatic heterocycles. The number of nitrogens with one attached hydrogen (secondary N) is 1. The molecule has 0 saturated carbocycles. The van der Waals surface area contributed by atoms with E-state index in [2.05, 4.69) is 61.1 Å². The molecule has 2 heterocycles. The SMILES string of the molecule is CC(C)(C)c1ccc(-c2cncc3cc[nH]c23)cc1. The van der Waals surface area contributed by atoms with Gasteiger partial charge in [-0.2, -0.15) is 0 Å². The van der Waals surface area contributed by atoms with Crippen molar-refractivity contribution in [2.45, 2.75) is 26.2 Å². The Morgan fingerprint density at radius 2 is 1.68 bits per heavy atom. The molecule has 96 valence electrons. The molecule has 0 amide bonds. The van der Waals surface area contributed by atoms with Gasteiger partial charge in [-0.1, -0.05) is 45.0 Å². The molecule has 0 aliphatic carbocycles. The quantitative estimate of drug-likeness (QED) is 0.675. The molecule has 2 heteroatoms. The molecule has 2 nitrogen and oxygen atoms in total. The summed E-state index contributed by atoms with van der Waals surface area (Å²) in [7, 11) is 0. The second-order valence-electron chi connectivity index (χ2n) is 5.96. The summed E-state index contributed by atoms with van der Waals surface area (Å²) < 4.78 is 0. The summed E-state index contributed by atoms with van der Waals surface area (Å²) in [4.78, 5) is 7.60. The van der Waals surface area contributed by atoms with Gasteiger partial charge in [0.1, 0.15) is 0 Å². The second kappa shape index (κ2) is 4.23. The maximum Gasteiger partial charge on any atom is 0.0564 e. The van der Waals surface area contributed by atoms with Crippen LogP contribution >= 0.6 is 0 Å². The zero-order chi connectivity index (χ0) is 13.5. The highest BCUT2D eigenvalue weighted by molar-refractivity contribution is 5.93. The van der Waals surface area contributed by atoms with E-state index in [0.717, 1.165) is 16.5 Å². The predicted molar refractivity (Wildman–Crippen MR) is 80.2 cm³/mol. The third-order valence-electron chi connectivity index (χ3n) is 3.53. The average Bonchev–Trinajstić information content (AvgIpc) is 2.86. The highest BCUT2D eigenvalue weighted by atomic mass is 14.7. The van der Waals surface area contributed by atoms with Crippen molar-refractivity contribution in [3.8, 4) is 11.1 Å². The molecule has 1 aromatic carbocycles. The van der Waals surface area contributed by atoms with E-state index in [1.54, 1.807) is 0 Å². The van der Waals surface area contributed by atoms with Crippen LogP contribution in [0.3, 0.4) is 0 Å². The van der Waals surface area contributed by atoms with Crippen molar-refractivity contribution in [1.82, 2.24) is 9.97 Å². The minimum Gasteiger partial charge on any atom is -0.361 e. The zero-order valence-electron chi connectivity index (χ0n) is 11.6. The predicted octanol–water partition coefficient (Wildman–Crippen LogP) is 4.53. The smallest absolute Gasteiger partial charge is 0.0564 e. The van der Waals surface area contributed by atoms with Crippen molar-refractivity contribution in [1.29, 1.82) is 0 Å². The average molecular weight is 250 g/mol. The van der Waals surface area contributed by atoms with E-state index in [1.807, 2.05) is 18.6 Å². The molecule has 0 radical (unpaired) electrons. The number of hydrogen-bond donors (Lipinski definition) is 1. The summed E-state index contributed by atoms with van der Waals surface area (Å²) in [5.41, 5.74) is 5.05. The molecule has 3 aromatic rings. The fourth-order valence-corrected chi connectivity index (χ4v) is 2.35. The maximum atomic E-state index is 4.31. The van der Waals surface area contributed by atoms with Crippen molar-refractivity contribution in [2.75, 3.05) is 0 Å². The van der Waals surface area contributed by atoms with E-state index in [4.69, 9.17) is 0 Å². The van der Waals surface area contributed by atoms with E-state index in [1.165, 1.54) is 11.1 Å². The van der Waals surface area contributed by atoms with E-state index < -0.39 is 0 Å². The molecule has 0 atom stereocenters. The molecule has 19 heavy (non-hydrogen) atoms. The van der Waals surface area contributed by atoms with Gasteiger partial charge in [-0.15, -0.1) is 0 Å².